The second kappa shape index (κ2) is 7.56. The molecule has 1 aliphatic heterocycles. The Morgan fingerprint density at radius 3 is 1.56 bits per heavy atom. The zero-order chi connectivity index (χ0) is 19.8. The van der Waals surface area contributed by atoms with Gasteiger partial charge >= 0.3 is 6.03 Å². The Balaban J connectivity index is 2.11. The Bertz CT molecular complexity index is 855. The summed E-state index contributed by atoms with van der Waals surface area (Å²) in [7, 11) is 2.84. The molecule has 0 bridgehead atoms. The molecule has 0 spiro atoms. The number of hydrogen-bond acceptors (Lipinski definition) is 3. The molecule has 1 saturated heterocycles. The van der Waals surface area contributed by atoms with Gasteiger partial charge in [-0.3, -0.25) is 19.4 Å². The number of carbonyl (C=O) groups is 3. The van der Waals surface area contributed by atoms with Crippen LogP contribution in [0.4, 0.5) is 4.79 Å². The van der Waals surface area contributed by atoms with E-state index in [2.05, 4.69) is 31.9 Å². The van der Waals surface area contributed by atoms with Gasteiger partial charge < -0.3 is 0 Å². The van der Waals surface area contributed by atoms with Crippen molar-refractivity contribution in [2.45, 2.75) is 12.8 Å². The van der Waals surface area contributed by atoms with Crippen LogP contribution >= 0.6 is 31.9 Å². The van der Waals surface area contributed by atoms with Gasteiger partial charge in [-0.25, -0.2) is 4.79 Å². The van der Waals surface area contributed by atoms with Gasteiger partial charge in [-0.05, 0) is 48.2 Å². The summed E-state index contributed by atoms with van der Waals surface area (Å²) in [5.41, 5.74) is 0.313. The number of benzene rings is 2. The van der Waals surface area contributed by atoms with Gasteiger partial charge in [-0.2, -0.15) is 0 Å². The normalized spacial score (nSPS) is 16.8. The van der Waals surface area contributed by atoms with Crippen molar-refractivity contribution < 1.29 is 14.4 Å². The molecule has 140 valence electrons. The smallest absolute Gasteiger partial charge is 0.273 e. The van der Waals surface area contributed by atoms with Crippen molar-refractivity contribution in [3.05, 3.63) is 68.6 Å². The first-order chi connectivity index (χ1) is 12.7. The zero-order valence-corrected chi connectivity index (χ0v) is 18.1. The average Bonchev–Trinajstić information content (AvgIpc) is 2.63. The maximum atomic E-state index is 13.2. The maximum absolute atomic E-state index is 13.2. The highest BCUT2D eigenvalue weighted by Gasteiger charge is 2.55. The number of amides is 4. The van der Waals surface area contributed by atoms with Crippen molar-refractivity contribution in [3.8, 4) is 0 Å². The van der Waals surface area contributed by atoms with Crippen LogP contribution in [-0.2, 0) is 22.4 Å². The van der Waals surface area contributed by atoms with E-state index in [0.717, 1.165) is 29.9 Å². The van der Waals surface area contributed by atoms with E-state index in [1.807, 2.05) is 48.5 Å². The van der Waals surface area contributed by atoms with Crippen LogP contribution in [0.1, 0.15) is 11.1 Å². The van der Waals surface area contributed by atoms with Crippen LogP contribution in [-0.4, -0.2) is 41.7 Å². The summed E-state index contributed by atoms with van der Waals surface area (Å²) in [5.74, 6) is -0.953. The summed E-state index contributed by atoms with van der Waals surface area (Å²) in [6.07, 6.45) is 0.414. The van der Waals surface area contributed by atoms with E-state index in [0.29, 0.717) is 0 Å². The first-order valence-electron chi connectivity index (χ1n) is 8.34. The van der Waals surface area contributed by atoms with E-state index >= 15 is 0 Å². The summed E-state index contributed by atoms with van der Waals surface area (Å²) < 4.78 is 1.73. The molecular formula is C20H18Br2N2O3. The zero-order valence-electron chi connectivity index (χ0n) is 14.9. The minimum Gasteiger partial charge on any atom is -0.273 e. The van der Waals surface area contributed by atoms with Gasteiger partial charge in [-0.1, -0.05) is 56.1 Å². The third-order valence-electron chi connectivity index (χ3n) is 4.79. The number of imide groups is 2. The minimum atomic E-state index is -1.38. The molecular weight excluding hydrogens is 476 g/mol. The number of hydrogen-bond donors (Lipinski definition) is 0. The van der Waals surface area contributed by atoms with Crippen LogP contribution in [0.15, 0.2) is 57.5 Å². The largest absolute Gasteiger partial charge is 0.332 e. The average molecular weight is 494 g/mol. The molecule has 1 aliphatic rings. The topological polar surface area (TPSA) is 57.7 Å². The Hall–Kier alpha value is -1.99. The number of rotatable bonds is 4. The van der Waals surface area contributed by atoms with Crippen molar-refractivity contribution in [2.24, 2.45) is 5.41 Å². The number of nitrogens with zero attached hydrogens (tertiary/aromatic N) is 2. The van der Waals surface area contributed by atoms with Crippen LogP contribution in [0, 0.1) is 5.41 Å². The summed E-state index contributed by atoms with van der Waals surface area (Å²) in [6, 6.07) is 14.4. The summed E-state index contributed by atoms with van der Waals surface area (Å²) >= 11 is 6.87. The van der Waals surface area contributed by atoms with E-state index in [4.69, 9.17) is 0 Å². The molecule has 2 aromatic rings. The van der Waals surface area contributed by atoms with E-state index in [1.54, 1.807) is 0 Å². The van der Waals surface area contributed by atoms with Gasteiger partial charge in [0.05, 0.1) is 0 Å². The Morgan fingerprint density at radius 1 is 0.778 bits per heavy atom. The predicted molar refractivity (Wildman–Crippen MR) is 109 cm³/mol. The molecule has 0 unspecified atom stereocenters. The van der Waals surface area contributed by atoms with Gasteiger partial charge in [0.25, 0.3) is 0 Å². The van der Waals surface area contributed by atoms with Crippen LogP contribution in [0.25, 0.3) is 0 Å². The fraction of sp³-hybridized carbons (Fsp3) is 0.250. The highest BCUT2D eigenvalue weighted by atomic mass is 79.9. The Morgan fingerprint density at radius 2 is 1.19 bits per heavy atom. The van der Waals surface area contributed by atoms with Gasteiger partial charge in [0.2, 0.25) is 11.8 Å². The maximum Gasteiger partial charge on any atom is 0.332 e. The first kappa shape index (κ1) is 19.8. The first-order valence-corrected chi connectivity index (χ1v) is 9.92. The van der Waals surface area contributed by atoms with Gasteiger partial charge in [0, 0.05) is 23.0 Å². The van der Waals surface area contributed by atoms with Crippen molar-refractivity contribution in [3.63, 3.8) is 0 Å². The van der Waals surface area contributed by atoms with Crippen LogP contribution in [0.5, 0.6) is 0 Å². The van der Waals surface area contributed by atoms with E-state index < -0.39 is 23.3 Å². The third kappa shape index (κ3) is 3.71. The van der Waals surface area contributed by atoms with Crippen molar-refractivity contribution in [2.75, 3.05) is 14.1 Å². The molecule has 0 aliphatic carbocycles. The standard InChI is InChI=1S/C20H18Br2N2O3/c1-23-17(25)20(18(26)24(2)19(23)27,11-13-5-3-7-15(21)9-13)12-14-6-4-8-16(22)10-14/h3-10H,11-12H2,1-2H3. The number of barbiturate groups is 1. The molecule has 27 heavy (non-hydrogen) atoms. The Labute approximate surface area is 174 Å². The second-order valence-corrected chi connectivity index (χ2v) is 8.54. The van der Waals surface area contributed by atoms with Crippen molar-refractivity contribution in [1.29, 1.82) is 0 Å². The molecule has 7 heteroatoms. The fourth-order valence-electron chi connectivity index (χ4n) is 3.49. The quantitative estimate of drug-likeness (QED) is 0.604. The SMILES string of the molecule is CN1C(=O)N(C)C(=O)C(Cc2cccc(Br)c2)(Cc2cccc(Br)c2)C1=O. The summed E-state index contributed by atoms with van der Waals surface area (Å²) in [4.78, 5) is 40.8. The summed E-state index contributed by atoms with van der Waals surface area (Å²) in [6.45, 7) is 0. The molecule has 0 saturated carbocycles. The monoisotopic (exact) mass is 492 g/mol. The highest BCUT2D eigenvalue weighted by molar-refractivity contribution is 9.10. The number of halogens is 2. The van der Waals surface area contributed by atoms with Gasteiger partial charge in [-0.15, -0.1) is 0 Å². The lowest BCUT2D eigenvalue weighted by molar-refractivity contribution is -0.157. The van der Waals surface area contributed by atoms with Gasteiger partial charge in [0.15, 0.2) is 0 Å². The van der Waals surface area contributed by atoms with E-state index in [-0.39, 0.29) is 12.8 Å². The van der Waals surface area contributed by atoms with Crippen LogP contribution in [0.2, 0.25) is 0 Å². The minimum absolute atomic E-state index is 0.207. The lowest BCUT2D eigenvalue weighted by atomic mass is 9.73. The molecule has 0 N–H and O–H groups in total. The molecule has 0 radical (unpaired) electrons. The lowest BCUT2D eigenvalue weighted by Crippen LogP contribution is -2.64. The molecule has 3 rings (SSSR count). The Kier molecular flexibility index (Phi) is 5.53. The van der Waals surface area contributed by atoms with Crippen molar-refractivity contribution >= 4 is 49.7 Å². The van der Waals surface area contributed by atoms with E-state index in [1.165, 1.54) is 14.1 Å². The number of urea groups is 1. The summed E-state index contributed by atoms with van der Waals surface area (Å²) in [5, 5.41) is 0. The fourth-order valence-corrected chi connectivity index (χ4v) is 4.38. The third-order valence-corrected chi connectivity index (χ3v) is 5.78. The molecule has 1 fully saturated rings. The van der Waals surface area contributed by atoms with Crippen LogP contribution < -0.4 is 0 Å². The molecule has 2 aromatic carbocycles. The van der Waals surface area contributed by atoms with Crippen LogP contribution in [0.3, 0.4) is 0 Å². The molecule has 0 aromatic heterocycles. The molecule has 4 amide bonds. The van der Waals surface area contributed by atoms with Crippen molar-refractivity contribution in [1.82, 2.24) is 9.80 Å². The number of carbonyl (C=O) groups excluding carboxylic acids is 3. The molecule has 1 heterocycles. The second-order valence-electron chi connectivity index (χ2n) is 6.71. The highest BCUT2D eigenvalue weighted by Crippen LogP contribution is 2.36. The van der Waals surface area contributed by atoms with Gasteiger partial charge in [0.1, 0.15) is 5.41 Å². The molecule has 5 nitrogen and oxygen atoms in total. The lowest BCUT2D eigenvalue weighted by Gasteiger charge is -2.42. The van der Waals surface area contributed by atoms with E-state index in [9.17, 15) is 14.4 Å². The predicted octanol–water partition coefficient (Wildman–Crippen LogP) is 4.03. The molecule has 0 atom stereocenters.